The van der Waals surface area contributed by atoms with Crippen LogP contribution in [0.25, 0.3) is 6.20 Å². The Morgan fingerprint density at radius 3 is 3.12 bits per heavy atom. The molecule has 0 unspecified atom stereocenters. The van der Waals surface area contributed by atoms with Gasteiger partial charge >= 0.3 is 0 Å². The van der Waals surface area contributed by atoms with Crippen LogP contribution in [0.2, 0.25) is 0 Å². The summed E-state index contributed by atoms with van der Waals surface area (Å²) >= 11 is 0. The Kier molecular flexibility index (Phi) is 5.28. The van der Waals surface area contributed by atoms with Gasteiger partial charge in [-0.15, -0.1) is 0 Å². The van der Waals surface area contributed by atoms with Gasteiger partial charge in [0.25, 0.3) is 0 Å². The molecule has 1 aromatic heterocycles. The predicted octanol–water partition coefficient (Wildman–Crippen LogP) is 0.599. The maximum atomic E-state index is 11.1. The van der Waals surface area contributed by atoms with E-state index in [4.69, 9.17) is 0 Å². The van der Waals surface area contributed by atoms with Crippen molar-refractivity contribution in [2.45, 2.75) is 19.9 Å². The number of aromatic nitrogens is 2. The summed E-state index contributed by atoms with van der Waals surface area (Å²) in [7, 11) is 0. The topological polar surface area (TPSA) is 59.0 Å². The molecule has 0 saturated carbocycles. The van der Waals surface area contributed by atoms with Gasteiger partial charge < -0.3 is 10.6 Å². The molecule has 0 bridgehead atoms. The van der Waals surface area contributed by atoms with Crippen molar-refractivity contribution in [3.05, 3.63) is 24.5 Å². The number of nitrogens with one attached hydrogen (secondary N) is 2. The molecular weight excluding hydrogens is 204 g/mol. The van der Waals surface area contributed by atoms with Crippen LogP contribution in [0, 0.1) is 0 Å². The minimum absolute atomic E-state index is 0.0804. The molecule has 1 heterocycles. The van der Waals surface area contributed by atoms with Gasteiger partial charge in [-0.3, -0.25) is 4.79 Å². The Hall–Kier alpha value is -1.62. The van der Waals surface area contributed by atoms with Crippen LogP contribution < -0.4 is 10.6 Å². The molecule has 5 heteroatoms. The second-order valence-corrected chi connectivity index (χ2v) is 3.39. The Morgan fingerprint density at radius 1 is 1.69 bits per heavy atom. The highest BCUT2D eigenvalue weighted by molar-refractivity contribution is 5.75. The number of rotatable bonds is 7. The molecule has 16 heavy (non-hydrogen) atoms. The Balaban J connectivity index is 2.15. The third-order valence-electron chi connectivity index (χ3n) is 2.07. The molecule has 1 rings (SSSR count). The van der Waals surface area contributed by atoms with Gasteiger partial charge in [0.2, 0.25) is 5.91 Å². The monoisotopic (exact) mass is 222 g/mol. The van der Waals surface area contributed by atoms with Gasteiger partial charge in [0, 0.05) is 44.0 Å². The van der Waals surface area contributed by atoms with Gasteiger partial charge in [-0.25, -0.2) is 4.68 Å². The summed E-state index contributed by atoms with van der Waals surface area (Å²) in [5, 5.41) is 9.99. The van der Waals surface area contributed by atoms with Crippen molar-refractivity contribution in [1.29, 1.82) is 0 Å². The van der Waals surface area contributed by atoms with Crippen LogP contribution in [0.3, 0.4) is 0 Å². The molecule has 5 nitrogen and oxygen atoms in total. The van der Waals surface area contributed by atoms with Crippen LogP contribution in [0.5, 0.6) is 0 Å². The number of nitrogens with zero attached hydrogens (tertiary/aromatic N) is 2. The summed E-state index contributed by atoms with van der Waals surface area (Å²) in [4.78, 5) is 11.1. The van der Waals surface area contributed by atoms with Crippen molar-refractivity contribution < 1.29 is 4.79 Å². The van der Waals surface area contributed by atoms with Crippen LogP contribution >= 0.6 is 0 Å². The molecule has 88 valence electrons. The van der Waals surface area contributed by atoms with Crippen LogP contribution in [-0.4, -0.2) is 28.8 Å². The van der Waals surface area contributed by atoms with E-state index >= 15 is 0 Å². The highest BCUT2D eigenvalue weighted by Gasteiger charge is 1.99. The highest BCUT2D eigenvalue weighted by Crippen LogP contribution is 1.96. The number of amides is 1. The summed E-state index contributed by atoms with van der Waals surface area (Å²) in [6.07, 6.45) is 5.81. The number of hydrogen-bond acceptors (Lipinski definition) is 3. The highest BCUT2D eigenvalue weighted by atomic mass is 16.1. The summed E-state index contributed by atoms with van der Waals surface area (Å²) in [6, 6.07) is 0. The molecule has 0 aliphatic carbocycles. The second-order valence-electron chi connectivity index (χ2n) is 3.39. The zero-order valence-corrected chi connectivity index (χ0v) is 9.57. The van der Waals surface area contributed by atoms with Crippen molar-refractivity contribution in [3.8, 4) is 0 Å². The predicted molar refractivity (Wildman–Crippen MR) is 63.6 cm³/mol. The molecule has 0 radical (unpaired) electrons. The molecule has 0 fully saturated rings. The van der Waals surface area contributed by atoms with E-state index < -0.39 is 0 Å². The molecule has 0 saturated heterocycles. The van der Waals surface area contributed by atoms with Crippen molar-refractivity contribution in [3.63, 3.8) is 0 Å². The van der Waals surface area contributed by atoms with Crippen molar-refractivity contribution >= 4 is 12.1 Å². The summed E-state index contributed by atoms with van der Waals surface area (Å²) in [5.74, 6) is 0.0804. The van der Waals surface area contributed by atoms with E-state index in [9.17, 15) is 4.79 Å². The van der Waals surface area contributed by atoms with Gasteiger partial charge in [-0.05, 0) is 6.92 Å². The van der Waals surface area contributed by atoms with E-state index in [1.807, 2.05) is 13.1 Å². The van der Waals surface area contributed by atoms with Crippen LogP contribution in [0.4, 0.5) is 0 Å². The Bertz CT molecular complexity index is 346. The summed E-state index contributed by atoms with van der Waals surface area (Å²) in [6.45, 7) is 7.60. The van der Waals surface area contributed by atoms with Gasteiger partial charge in [-0.2, -0.15) is 5.10 Å². The zero-order valence-electron chi connectivity index (χ0n) is 9.57. The fourth-order valence-corrected chi connectivity index (χ4v) is 1.29. The van der Waals surface area contributed by atoms with Crippen molar-refractivity contribution in [1.82, 2.24) is 20.4 Å². The lowest BCUT2D eigenvalue weighted by atomic mass is 10.3. The summed E-state index contributed by atoms with van der Waals surface area (Å²) < 4.78 is 1.65. The smallest absolute Gasteiger partial charge is 0.221 e. The van der Waals surface area contributed by atoms with Crippen LogP contribution in [0.1, 0.15) is 18.9 Å². The first-order valence-corrected chi connectivity index (χ1v) is 5.39. The average molecular weight is 222 g/mol. The standard InChI is InChI=1S/C11H18N4O/c1-3-13-11(16)5-6-12-7-10-8-14-15(4-2)9-10/h4,8-9,12H,2-3,5-7H2,1H3,(H,13,16). The average Bonchev–Trinajstić information content (AvgIpc) is 2.73. The second kappa shape index (κ2) is 6.79. The largest absolute Gasteiger partial charge is 0.356 e. The molecule has 0 aliphatic rings. The van der Waals surface area contributed by atoms with Gasteiger partial charge in [0.05, 0.1) is 6.20 Å². The van der Waals surface area contributed by atoms with Gasteiger partial charge in [0.15, 0.2) is 0 Å². The fraction of sp³-hybridized carbons (Fsp3) is 0.455. The minimum Gasteiger partial charge on any atom is -0.356 e. The van der Waals surface area contributed by atoms with Crippen LogP contribution in [-0.2, 0) is 11.3 Å². The normalized spacial score (nSPS) is 10.1. The lowest BCUT2D eigenvalue weighted by molar-refractivity contribution is -0.120. The number of carbonyl (C=O) groups is 1. The number of hydrogen-bond donors (Lipinski definition) is 2. The van der Waals surface area contributed by atoms with Crippen molar-refractivity contribution in [2.24, 2.45) is 0 Å². The van der Waals surface area contributed by atoms with E-state index in [0.717, 1.165) is 5.56 Å². The molecule has 0 aliphatic heterocycles. The Morgan fingerprint density at radius 2 is 2.50 bits per heavy atom. The van der Waals surface area contributed by atoms with E-state index in [1.54, 1.807) is 17.1 Å². The molecule has 0 aromatic carbocycles. The zero-order chi connectivity index (χ0) is 11.8. The first-order chi connectivity index (χ1) is 7.76. The SMILES string of the molecule is C=Cn1cc(CNCCC(=O)NCC)cn1. The lowest BCUT2D eigenvalue weighted by Crippen LogP contribution is -2.27. The molecule has 1 aromatic rings. The van der Waals surface area contributed by atoms with Crippen molar-refractivity contribution in [2.75, 3.05) is 13.1 Å². The molecule has 2 N–H and O–H groups in total. The quantitative estimate of drug-likeness (QED) is 0.664. The van der Waals surface area contributed by atoms with E-state index in [-0.39, 0.29) is 5.91 Å². The van der Waals surface area contributed by atoms with E-state index in [0.29, 0.717) is 26.1 Å². The fourth-order valence-electron chi connectivity index (χ4n) is 1.29. The molecule has 1 amide bonds. The van der Waals surface area contributed by atoms with Gasteiger partial charge in [0.1, 0.15) is 0 Å². The molecule has 0 spiro atoms. The third kappa shape index (κ3) is 4.27. The lowest BCUT2D eigenvalue weighted by Gasteiger charge is -2.03. The maximum absolute atomic E-state index is 11.1. The van der Waals surface area contributed by atoms with Crippen LogP contribution in [0.15, 0.2) is 19.0 Å². The minimum atomic E-state index is 0.0804. The first-order valence-electron chi connectivity index (χ1n) is 5.39. The summed E-state index contributed by atoms with van der Waals surface area (Å²) in [5.41, 5.74) is 1.08. The van der Waals surface area contributed by atoms with Gasteiger partial charge in [-0.1, -0.05) is 6.58 Å². The molecule has 0 atom stereocenters. The molecular formula is C11H18N4O. The van der Waals surface area contributed by atoms with E-state index in [1.165, 1.54) is 0 Å². The number of carbonyl (C=O) groups excluding carboxylic acids is 1. The first kappa shape index (κ1) is 12.4. The maximum Gasteiger partial charge on any atom is 0.221 e. The Labute approximate surface area is 95.5 Å². The van der Waals surface area contributed by atoms with E-state index in [2.05, 4.69) is 22.3 Å². The third-order valence-corrected chi connectivity index (χ3v) is 2.07.